The van der Waals surface area contributed by atoms with Crippen molar-refractivity contribution >= 4 is 42.0 Å². The molecule has 9 heteroatoms. The van der Waals surface area contributed by atoms with Crippen molar-refractivity contribution in [2.45, 2.75) is 84.7 Å². The zero-order valence-electron chi connectivity index (χ0n) is 22.0. The first kappa shape index (κ1) is 27.7. The second kappa shape index (κ2) is 9.77. The smallest absolute Gasteiger partial charge is 0.369 e. The van der Waals surface area contributed by atoms with E-state index in [4.69, 9.17) is 10.5 Å². The quantitative estimate of drug-likeness (QED) is 0.318. The van der Waals surface area contributed by atoms with Gasteiger partial charge in [-0.2, -0.15) is 0 Å². The minimum atomic E-state index is -3.01. The molecular formula is C27H41NO6S2. The van der Waals surface area contributed by atoms with Gasteiger partial charge in [-0.15, -0.1) is 0 Å². The van der Waals surface area contributed by atoms with E-state index < -0.39 is 30.7 Å². The summed E-state index contributed by atoms with van der Waals surface area (Å²) in [4.78, 5) is 52.2. The summed E-state index contributed by atoms with van der Waals surface area (Å²) < 4.78 is 5.76. The van der Waals surface area contributed by atoms with Crippen molar-refractivity contribution < 1.29 is 29.0 Å². The molecule has 3 saturated carbocycles. The number of Topliss-reactive ketones (excluding diaryl/α,β-unsaturated/α-hetero) is 1. The normalized spacial score (nSPS) is 36.6. The van der Waals surface area contributed by atoms with E-state index in [0.29, 0.717) is 36.7 Å². The molecule has 0 amide bonds. The van der Waals surface area contributed by atoms with Gasteiger partial charge in [0.25, 0.3) is 0 Å². The minimum absolute atomic E-state index is 0.0820. The summed E-state index contributed by atoms with van der Waals surface area (Å²) in [5, 5.41) is 8.87. The minimum Gasteiger partial charge on any atom is -0.473 e. The van der Waals surface area contributed by atoms with E-state index in [1.54, 1.807) is 26.8 Å². The van der Waals surface area contributed by atoms with Crippen LogP contribution >= 0.6 is 19.9 Å². The fourth-order valence-electron chi connectivity index (χ4n) is 7.61. The van der Waals surface area contributed by atoms with Crippen LogP contribution in [0.5, 0.6) is 0 Å². The van der Waals surface area contributed by atoms with Crippen LogP contribution in [0.25, 0.3) is 0 Å². The van der Waals surface area contributed by atoms with Crippen molar-refractivity contribution in [3.05, 3.63) is 11.6 Å². The SMILES string of the molecule is CC(C)(C)OC(=O)S(C[C@]12CCC(=O)C=C1CC[C@@H]1[C@@H]2CC[C@]2(C)C(=O)CC[C@@H]12)(SCCN)C(=O)O. The molecule has 0 heterocycles. The van der Waals surface area contributed by atoms with Gasteiger partial charge in [-0.3, -0.25) is 9.59 Å². The maximum absolute atomic E-state index is 13.7. The molecule has 0 saturated heterocycles. The number of hydrogen-bond donors (Lipinski definition) is 2. The van der Waals surface area contributed by atoms with E-state index in [2.05, 4.69) is 6.92 Å². The number of nitrogens with two attached hydrogens (primary N) is 1. The molecular weight excluding hydrogens is 498 g/mol. The Labute approximate surface area is 219 Å². The number of hydrogen-bond acceptors (Lipinski definition) is 7. The fourth-order valence-corrected chi connectivity index (χ4v) is 13.0. The fraction of sp³-hybridized carbons (Fsp3) is 0.778. The first-order valence-electron chi connectivity index (χ1n) is 13.2. The van der Waals surface area contributed by atoms with Gasteiger partial charge in [0.05, 0.1) is 0 Å². The Hall–Kier alpha value is -1.32. The third-order valence-corrected chi connectivity index (χ3v) is 15.0. The standard InChI is InChI=1S/C27H41NO6S2/c1-25(2,3)34-24(33)36(23(31)32,35-14-13-28)16-27-12-9-18(29)15-17(27)5-6-19-20-7-8-22(30)26(20,4)11-10-21(19)27/h15,19-21H,5-14,16,28H2,1-4H3,(H,31,32)/t19-,20-,21-,26-,27+/m0/s1. The number of rotatable bonds is 5. The van der Waals surface area contributed by atoms with Crippen molar-refractivity contribution in [2.75, 3.05) is 18.1 Å². The van der Waals surface area contributed by atoms with Gasteiger partial charge in [0.1, 0.15) is 11.4 Å². The van der Waals surface area contributed by atoms with Gasteiger partial charge in [0.2, 0.25) is 0 Å². The van der Waals surface area contributed by atoms with Crippen LogP contribution in [0.15, 0.2) is 11.6 Å². The van der Waals surface area contributed by atoms with Crippen LogP contribution in [0.3, 0.4) is 0 Å². The van der Waals surface area contributed by atoms with Crippen molar-refractivity contribution in [2.24, 2.45) is 34.3 Å². The Morgan fingerprint density at radius 1 is 1.14 bits per heavy atom. The van der Waals surface area contributed by atoms with Crippen molar-refractivity contribution in [1.29, 1.82) is 0 Å². The number of carboxylic acid groups (broad SMARTS) is 1. The van der Waals surface area contributed by atoms with Crippen molar-refractivity contribution in [1.82, 2.24) is 0 Å². The summed E-state index contributed by atoms with van der Waals surface area (Å²) in [6, 6.07) is 0. The zero-order chi connectivity index (χ0) is 26.5. The number of carbonyl (C=O) groups excluding carboxylic acids is 3. The van der Waals surface area contributed by atoms with Crippen molar-refractivity contribution in [3.63, 3.8) is 0 Å². The maximum Gasteiger partial charge on any atom is 0.369 e. The Bertz CT molecular complexity index is 989. The van der Waals surface area contributed by atoms with Crippen LogP contribution in [0.1, 0.15) is 79.1 Å². The van der Waals surface area contributed by atoms with Crippen LogP contribution in [-0.4, -0.2) is 50.9 Å². The summed E-state index contributed by atoms with van der Waals surface area (Å²) in [7, 11) is -1.86. The van der Waals surface area contributed by atoms with E-state index in [1.165, 1.54) is 0 Å². The third-order valence-electron chi connectivity index (χ3n) is 9.20. The highest BCUT2D eigenvalue weighted by atomic mass is 33.2. The van der Waals surface area contributed by atoms with Crippen LogP contribution < -0.4 is 5.73 Å². The number of allylic oxidation sites excluding steroid dienone is 1. The highest BCUT2D eigenvalue weighted by Gasteiger charge is 2.63. The first-order chi connectivity index (χ1) is 16.8. The molecule has 4 aliphatic carbocycles. The van der Waals surface area contributed by atoms with Gasteiger partial charge >= 0.3 is 10.6 Å². The van der Waals surface area contributed by atoms with E-state index >= 15 is 0 Å². The van der Waals surface area contributed by atoms with E-state index in [-0.39, 0.29) is 35.3 Å². The zero-order valence-corrected chi connectivity index (χ0v) is 23.6. The molecule has 0 aromatic heterocycles. The van der Waals surface area contributed by atoms with E-state index in [0.717, 1.165) is 48.5 Å². The van der Waals surface area contributed by atoms with Gasteiger partial charge in [-0.25, -0.2) is 9.59 Å². The second-order valence-corrected chi connectivity index (χ2v) is 17.7. The average Bonchev–Trinajstić information content (AvgIpc) is 3.10. The number of carbonyl (C=O) groups is 4. The monoisotopic (exact) mass is 539 g/mol. The lowest BCUT2D eigenvalue weighted by Crippen LogP contribution is -2.54. The summed E-state index contributed by atoms with van der Waals surface area (Å²) in [6.45, 7) is 7.64. The lowest BCUT2D eigenvalue weighted by atomic mass is 9.47. The molecule has 0 aliphatic heterocycles. The Morgan fingerprint density at radius 2 is 1.86 bits per heavy atom. The lowest BCUT2D eigenvalue weighted by Gasteiger charge is -2.59. The molecule has 3 fully saturated rings. The first-order valence-corrected chi connectivity index (χ1v) is 16.5. The van der Waals surface area contributed by atoms with Gasteiger partial charge in [0.15, 0.2) is 5.78 Å². The number of ketones is 2. The molecule has 0 spiro atoms. The molecule has 0 aromatic carbocycles. The highest BCUT2D eigenvalue weighted by molar-refractivity contribution is 9.05. The maximum atomic E-state index is 13.7. The average molecular weight is 540 g/mol. The Kier molecular flexibility index (Phi) is 7.52. The molecule has 1 unspecified atom stereocenters. The predicted octanol–water partition coefficient (Wildman–Crippen LogP) is 6.09. The van der Waals surface area contributed by atoms with Gasteiger partial charge < -0.3 is 15.6 Å². The number of fused-ring (bicyclic) bond motifs is 5. The van der Waals surface area contributed by atoms with Crippen molar-refractivity contribution in [3.8, 4) is 0 Å². The van der Waals surface area contributed by atoms with Crippen LogP contribution in [0.4, 0.5) is 9.59 Å². The third kappa shape index (κ3) is 4.57. The second-order valence-electron chi connectivity index (χ2n) is 12.3. The summed E-state index contributed by atoms with van der Waals surface area (Å²) in [5.74, 6) is 1.69. The molecule has 0 bridgehead atoms. The molecule has 4 rings (SSSR count). The molecule has 0 radical (unpaired) electrons. The number of ether oxygens (including phenoxy) is 1. The van der Waals surface area contributed by atoms with Gasteiger partial charge in [-0.05, 0) is 83.1 Å². The van der Waals surface area contributed by atoms with Crippen LogP contribution in [-0.2, 0) is 14.3 Å². The lowest BCUT2D eigenvalue weighted by molar-refractivity contribution is -0.132. The van der Waals surface area contributed by atoms with E-state index in [1.807, 2.05) is 0 Å². The largest absolute Gasteiger partial charge is 0.473 e. The highest BCUT2D eigenvalue weighted by Crippen LogP contribution is 2.72. The van der Waals surface area contributed by atoms with Crippen LogP contribution in [0, 0.1) is 28.6 Å². The molecule has 7 nitrogen and oxygen atoms in total. The van der Waals surface area contributed by atoms with Crippen LogP contribution in [0.2, 0.25) is 0 Å². The molecule has 202 valence electrons. The van der Waals surface area contributed by atoms with Gasteiger partial charge in [-0.1, -0.05) is 23.3 Å². The Morgan fingerprint density at radius 3 is 2.50 bits per heavy atom. The molecule has 0 aromatic rings. The summed E-state index contributed by atoms with van der Waals surface area (Å²) >= 11 is 0. The summed E-state index contributed by atoms with van der Waals surface area (Å²) in [5.41, 5.74) is 5.15. The van der Waals surface area contributed by atoms with E-state index in [9.17, 15) is 24.3 Å². The van der Waals surface area contributed by atoms with Gasteiger partial charge in [0, 0.05) is 50.8 Å². The summed E-state index contributed by atoms with van der Waals surface area (Å²) in [6.07, 6.45) is 7.42. The topological polar surface area (TPSA) is 124 Å². The Balaban J connectivity index is 1.81. The molecule has 4 aliphatic rings. The molecule has 36 heavy (non-hydrogen) atoms. The molecule has 3 N–H and O–H groups in total. The predicted molar refractivity (Wildman–Crippen MR) is 144 cm³/mol. The molecule has 6 atom stereocenters.